The van der Waals surface area contributed by atoms with Crippen LogP contribution in [-0.4, -0.2) is 28.5 Å². The Hall–Kier alpha value is -2.09. The van der Waals surface area contributed by atoms with E-state index in [1.54, 1.807) is 24.3 Å². The van der Waals surface area contributed by atoms with Gasteiger partial charge in [0, 0.05) is 12.6 Å². The summed E-state index contributed by atoms with van der Waals surface area (Å²) in [6.45, 7) is 1.64. The molecule has 0 aliphatic rings. The van der Waals surface area contributed by atoms with E-state index >= 15 is 0 Å². The molecule has 0 aliphatic carbocycles. The van der Waals surface area contributed by atoms with E-state index in [0.29, 0.717) is 5.39 Å². The van der Waals surface area contributed by atoms with Crippen LogP contribution in [0.1, 0.15) is 13.3 Å². The summed E-state index contributed by atoms with van der Waals surface area (Å²) in [6.07, 6.45) is -5.18. The van der Waals surface area contributed by atoms with Crippen LogP contribution in [0.4, 0.5) is 13.2 Å². The van der Waals surface area contributed by atoms with Crippen molar-refractivity contribution in [2.24, 2.45) is 0 Å². The number of hydrogen-bond acceptors (Lipinski definition) is 3. The zero-order chi connectivity index (χ0) is 16.3. The third-order valence-electron chi connectivity index (χ3n) is 3.25. The van der Waals surface area contributed by atoms with Gasteiger partial charge < -0.3 is 5.32 Å². The predicted molar refractivity (Wildman–Crippen MR) is 77.0 cm³/mol. The van der Waals surface area contributed by atoms with E-state index in [4.69, 9.17) is 0 Å². The Morgan fingerprint density at radius 3 is 2.50 bits per heavy atom. The minimum Gasteiger partial charge on any atom is -0.312 e. The van der Waals surface area contributed by atoms with Gasteiger partial charge in [0.05, 0.1) is 23.7 Å². The van der Waals surface area contributed by atoms with Gasteiger partial charge in [0.2, 0.25) is 0 Å². The fraction of sp³-hybridized carbons (Fsp3) is 0.429. The first-order valence-electron chi connectivity index (χ1n) is 6.80. The van der Waals surface area contributed by atoms with Crippen LogP contribution in [-0.2, 0) is 6.54 Å². The van der Waals surface area contributed by atoms with Gasteiger partial charge in [0.25, 0.3) is 11.1 Å². The highest BCUT2D eigenvalue weighted by molar-refractivity contribution is 5.80. The van der Waals surface area contributed by atoms with Gasteiger partial charge in [0.15, 0.2) is 0 Å². The van der Waals surface area contributed by atoms with E-state index in [-0.39, 0.29) is 24.0 Å². The summed E-state index contributed by atoms with van der Waals surface area (Å²) in [5.41, 5.74) is -0.779. The topological polar surface area (TPSA) is 66.9 Å². The number of benzene rings is 1. The van der Waals surface area contributed by atoms with Crippen molar-refractivity contribution in [3.05, 3.63) is 45.0 Å². The Labute approximate surface area is 123 Å². The maximum absolute atomic E-state index is 12.2. The first kappa shape index (κ1) is 16.3. The monoisotopic (exact) mass is 315 g/mol. The van der Waals surface area contributed by atoms with Crippen molar-refractivity contribution in [3.8, 4) is 0 Å². The maximum atomic E-state index is 12.2. The van der Waals surface area contributed by atoms with Crippen molar-refractivity contribution in [2.75, 3.05) is 6.54 Å². The number of fused-ring (bicyclic) bond motifs is 1. The lowest BCUT2D eigenvalue weighted by atomic mass is 10.2. The molecule has 0 aliphatic heterocycles. The maximum Gasteiger partial charge on any atom is 0.390 e. The minimum absolute atomic E-state index is 0.0844. The highest BCUT2D eigenvalue weighted by Crippen LogP contribution is 2.21. The van der Waals surface area contributed by atoms with Crippen molar-refractivity contribution in [2.45, 2.75) is 32.1 Å². The van der Waals surface area contributed by atoms with E-state index in [2.05, 4.69) is 10.4 Å². The number of aromatic nitrogens is 2. The van der Waals surface area contributed by atoms with E-state index in [1.165, 1.54) is 6.92 Å². The van der Waals surface area contributed by atoms with Gasteiger partial charge in [-0.25, -0.2) is 4.68 Å². The van der Waals surface area contributed by atoms with Gasteiger partial charge in [0.1, 0.15) is 0 Å². The van der Waals surface area contributed by atoms with Gasteiger partial charge in [-0.05, 0) is 19.1 Å². The Bertz CT molecular complexity index is 764. The first-order chi connectivity index (χ1) is 10.3. The smallest absolute Gasteiger partial charge is 0.312 e. The molecule has 0 saturated carbocycles. The summed E-state index contributed by atoms with van der Waals surface area (Å²) in [6, 6.07) is 5.63. The highest BCUT2D eigenvalue weighted by atomic mass is 19.4. The number of nitrogens with zero attached hydrogens (tertiary/aromatic N) is 1. The molecule has 0 unspecified atom stereocenters. The second-order valence-electron chi connectivity index (χ2n) is 5.12. The van der Waals surface area contributed by atoms with Gasteiger partial charge in [-0.15, -0.1) is 0 Å². The van der Waals surface area contributed by atoms with Crippen molar-refractivity contribution >= 4 is 10.8 Å². The molecule has 0 radical (unpaired) electrons. The second-order valence-corrected chi connectivity index (χ2v) is 5.12. The molecule has 1 aromatic carbocycles. The van der Waals surface area contributed by atoms with Gasteiger partial charge >= 0.3 is 6.18 Å². The van der Waals surface area contributed by atoms with Gasteiger partial charge in [-0.2, -0.15) is 13.2 Å². The van der Waals surface area contributed by atoms with Gasteiger partial charge in [-0.3, -0.25) is 14.7 Å². The van der Waals surface area contributed by atoms with Crippen LogP contribution in [0.15, 0.2) is 33.9 Å². The molecule has 0 spiro atoms. The number of hydrogen-bond donors (Lipinski definition) is 2. The second kappa shape index (κ2) is 6.35. The van der Waals surface area contributed by atoms with Crippen LogP contribution in [0.25, 0.3) is 10.8 Å². The van der Waals surface area contributed by atoms with Crippen molar-refractivity contribution in [1.82, 2.24) is 15.1 Å². The average Bonchev–Trinajstić information content (AvgIpc) is 2.42. The quantitative estimate of drug-likeness (QED) is 0.881. The Morgan fingerprint density at radius 1 is 1.23 bits per heavy atom. The molecule has 22 heavy (non-hydrogen) atoms. The molecule has 0 amide bonds. The summed E-state index contributed by atoms with van der Waals surface area (Å²) in [4.78, 5) is 24.0. The highest BCUT2D eigenvalue weighted by Gasteiger charge is 2.29. The largest absolute Gasteiger partial charge is 0.390 e. The van der Waals surface area contributed by atoms with Crippen molar-refractivity contribution in [3.63, 3.8) is 0 Å². The average molecular weight is 315 g/mol. The molecule has 0 saturated heterocycles. The number of H-pyrrole nitrogens is 1. The molecule has 2 rings (SSSR count). The zero-order valence-electron chi connectivity index (χ0n) is 11.9. The SMILES string of the molecule is C[C@H](CC(F)(F)F)NCCn1[nH]c(=O)c2ccccc2c1=O. The Morgan fingerprint density at radius 2 is 1.86 bits per heavy atom. The van der Waals surface area contributed by atoms with E-state index in [0.717, 1.165) is 4.68 Å². The lowest BCUT2D eigenvalue weighted by molar-refractivity contribution is -0.139. The molecule has 2 aromatic rings. The molecule has 1 atom stereocenters. The predicted octanol–water partition coefficient (Wildman–Crippen LogP) is 1.62. The summed E-state index contributed by atoms with van der Waals surface area (Å²) >= 11 is 0. The normalized spacial score (nSPS) is 13.5. The number of aromatic amines is 1. The van der Waals surface area contributed by atoms with Crippen LogP contribution in [0.3, 0.4) is 0 Å². The number of halogens is 3. The molecule has 0 fully saturated rings. The lowest BCUT2D eigenvalue weighted by Gasteiger charge is -2.16. The minimum atomic E-state index is -4.24. The molecular weight excluding hydrogens is 299 g/mol. The van der Waals surface area contributed by atoms with E-state index in [1.807, 2.05) is 0 Å². The fourth-order valence-electron chi connectivity index (χ4n) is 2.25. The van der Waals surface area contributed by atoms with Crippen molar-refractivity contribution in [1.29, 1.82) is 0 Å². The summed E-state index contributed by atoms with van der Waals surface area (Å²) < 4.78 is 37.7. The number of rotatable bonds is 5. The third-order valence-corrected chi connectivity index (χ3v) is 3.25. The van der Waals surface area contributed by atoms with Crippen LogP contribution in [0.5, 0.6) is 0 Å². The lowest BCUT2D eigenvalue weighted by Crippen LogP contribution is -2.37. The number of nitrogens with one attached hydrogen (secondary N) is 2. The fourth-order valence-corrected chi connectivity index (χ4v) is 2.25. The van der Waals surface area contributed by atoms with Crippen LogP contribution in [0, 0.1) is 0 Å². The Kier molecular flexibility index (Phi) is 4.70. The van der Waals surface area contributed by atoms with Crippen LogP contribution < -0.4 is 16.4 Å². The Balaban J connectivity index is 2.08. The zero-order valence-corrected chi connectivity index (χ0v) is 11.9. The molecule has 120 valence electrons. The summed E-state index contributed by atoms with van der Waals surface area (Å²) in [5.74, 6) is 0. The van der Waals surface area contributed by atoms with E-state index in [9.17, 15) is 22.8 Å². The molecule has 8 heteroatoms. The van der Waals surface area contributed by atoms with Crippen LogP contribution >= 0.6 is 0 Å². The number of alkyl halides is 3. The summed E-state index contributed by atoms with van der Waals surface area (Å²) in [7, 11) is 0. The van der Waals surface area contributed by atoms with Crippen LogP contribution in [0.2, 0.25) is 0 Å². The standard InChI is InChI=1S/C14H16F3N3O2/c1-9(8-14(15,16)17)18-6-7-20-13(22)11-5-3-2-4-10(11)12(21)19-20/h2-5,9,18H,6-8H2,1H3,(H,19,21)/t9-/m1/s1. The van der Waals surface area contributed by atoms with Crippen molar-refractivity contribution < 1.29 is 13.2 Å². The first-order valence-corrected chi connectivity index (χ1v) is 6.80. The third kappa shape index (κ3) is 3.97. The molecule has 5 nitrogen and oxygen atoms in total. The summed E-state index contributed by atoms with van der Waals surface area (Å²) in [5, 5.41) is 5.69. The van der Waals surface area contributed by atoms with E-state index < -0.39 is 24.2 Å². The molecule has 0 bridgehead atoms. The molecular formula is C14H16F3N3O2. The van der Waals surface area contributed by atoms with Gasteiger partial charge in [-0.1, -0.05) is 12.1 Å². The molecule has 1 heterocycles. The molecule has 2 N–H and O–H groups in total. The molecule has 1 aromatic heterocycles.